The van der Waals surface area contributed by atoms with E-state index < -0.39 is 0 Å². The second-order valence-corrected chi connectivity index (χ2v) is 5.64. The highest BCUT2D eigenvalue weighted by Crippen LogP contribution is 2.34. The van der Waals surface area contributed by atoms with Crippen LogP contribution in [0.3, 0.4) is 0 Å². The van der Waals surface area contributed by atoms with Crippen molar-refractivity contribution in [3.8, 4) is 17.2 Å². The number of ether oxygens (including phenoxy) is 3. The van der Waals surface area contributed by atoms with Crippen molar-refractivity contribution in [3.63, 3.8) is 0 Å². The van der Waals surface area contributed by atoms with Crippen LogP contribution in [0.1, 0.15) is 10.5 Å². The topological polar surface area (TPSA) is 94.6 Å². The molecule has 0 bridgehead atoms. The fourth-order valence-electron chi connectivity index (χ4n) is 2.61. The number of carbonyl (C=O) groups is 1. The van der Waals surface area contributed by atoms with E-state index in [1.165, 1.54) is 6.33 Å². The van der Waals surface area contributed by atoms with E-state index in [4.69, 9.17) is 14.2 Å². The highest BCUT2D eigenvalue weighted by Gasteiger charge is 2.15. The number of rotatable bonds is 5. The summed E-state index contributed by atoms with van der Waals surface area (Å²) in [7, 11) is 1.59. The van der Waals surface area contributed by atoms with Gasteiger partial charge in [0.05, 0.1) is 12.8 Å². The van der Waals surface area contributed by atoms with Gasteiger partial charge in [-0.3, -0.25) is 4.79 Å². The third kappa shape index (κ3) is 3.59. The van der Waals surface area contributed by atoms with Crippen molar-refractivity contribution in [3.05, 3.63) is 60.6 Å². The fourth-order valence-corrected chi connectivity index (χ4v) is 2.61. The highest BCUT2D eigenvalue weighted by molar-refractivity contribution is 6.03. The number of nitrogens with zero attached hydrogens (tertiary/aromatic N) is 2. The zero-order valence-electron chi connectivity index (χ0n) is 14.4. The van der Waals surface area contributed by atoms with Gasteiger partial charge in [-0.05, 0) is 24.3 Å². The van der Waals surface area contributed by atoms with E-state index in [1.54, 1.807) is 31.4 Å². The first-order valence-electron chi connectivity index (χ1n) is 8.16. The van der Waals surface area contributed by atoms with E-state index in [2.05, 4.69) is 20.6 Å². The molecule has 4 rings (SSSR count). The molecule has 1 aliphatic rings. The van der Waals surface area contributed by atoms with E-state index in [0.29, 0.717) is 28.8 Å². The van der Waals surface area contributed by atoms with Gasteiger partial charge in [0.15, 0.2) is 11.5 Å². The van der Waals surface area contributed by atoms with E-state index in [1.807, 2.05) is 24.3 Å². The summed E-state index contributed by atoms with van der Waals surface area (Å²) in [5.41, 5.74) is 1.54. The summed E-state index contributed by atoms with van der Waals surface area (Å²) >= 11 is 0. The Morgan fingerprint density at radius 3 is 2.81 bits per heavy atom. The summed E-state index contributed by atoms with van der Waals surface area (Å²) < 4.78 is 15.9. The number of hydrogen-bond donors (Lipinski definition) is 2. The van der Waals surface area contributed by atoms with Crippen molar-refractivity contribution in [2.24, 2.45) is 0 Å². The number of fused-ring (bicyclic) bond motifs is 1. The van der Waals surface area contributed by atoms with Crippen LogP contribution in [0.4, 0.5) is 17.2 Å². The first-order chi connectivity index (χ1) is 13.2. The SMILES string of the molecule is COc1ccccc1Nc1cc(C(=O)Nc2ccc3c(c2)OCO3)ncn1. The zero-order valence-corrected chi connectivity index (χ0v) is 14.4. The minimum atomic E-state index is -0.362. The average molecular weight is 364 g/mol. The molecule has 0 unspecified atom stereocenters. The highest BCUT2D eigenvalue weighted by atomic mass is 16.7. The lowest BCUT2D eigenvalue weighted by Crippen LogP contribution is -2.14. The molecule has 2 N–H and O–H groups in total. The number of nitrogens with one attached hydrogen (secondary N) is 2. The van der Waals surface area contributed by atoms with Crippen LogP contribution in [0.25, 0.3) is 0 Å². The molecule has 2 aromatic carbocycles. The molecule has 1 aliphatic heterocycles. The Balaban J connectivity index is 1.51. The minimum absolute atomic E-state index is 0.177. The Kier molecular flexibility index (Phi) is 4.44. The van der Waals surface area contributed by atoms with Gasteiger partial charge in [-0.25, -0.2) is 9.97 Å². The molecule has 1 amide bonds. The first-order valence-corrected chi connectivity index (χ1v) is 8.16. The van der Waals surface area contributed by atoms with Crippen LogP contribution in [0, 0.1) is 0 Å². The fraction of sp³-hybridized carbons (Fsp3) is 0.105. The minimum Gasteiger partial charge on any atom is -0.495 e. The van der Waals surface area contributed by atoms with E-state index in [9.17, 15) is 4.79 Å². The standard InChI is InChI=1S/C19H16N4O4/c1-25-15-5-3-2-4-13(15)23-18-9-14(20-10-21-18)19(24)22-12-6-7-16-17(8-12)27-11-26-16/h2-10H,11H2,1H3,(H,22,24)(H,20,21,23). The number of methoxy groups -OCH3 is 1. The number of carbonyl (C=O) groups excluding carboxylic acids is 1. The Morgan fingerprint density at radius 2 is 1.93 bits per heavy atom. The van der Waals surface area contributed by atoms with Crippen molar-refractivity contribution in [1.29, 1.82) is 0 Å². The molecule has 0 atom stereocenters. The predicted octanol–water partition coefficient (Wildman–Crippen LogP) is 3.21. The maximum absolute atomic E-state index is 12.5. The smallest absolute Gasteiger partial charge is 0.274 e. The molecular formula is C19H16N4O4. The molecule has 3 aromatic rings. The average Bonchev–Trinajstić information content (AvgIpc) is 3.16. The van der Waals surface area contributed by atoms with Crippen molar-refractivity contribution in [2.45, 2.75) is 0 Å². The third-order valence-electron chi connectivity index (χ3n) is 3.90. The summed E-state index contributed by atoms with van der Waals surface area (Å²) in [6, 6.07) is 14.2. The van der Waals surface area contributed by atoms with Gasteiger partial charge in [0.1, 0.15) is 23.6 Å². The van der Waals surface area contributed by atoms with Gasteiger partial charge < -0.3 is 24.8 Å². The van der Waals surface area contributed by atoms with Crippen LogP contribution in [-0.2, 0) is 0 Å². The second kappa shape index (κ2) is 7.20. The lowest BCUT2D eigenvalue weighted by atomic mass is 10.2. The largest absolute Gasteiger partial charge is 0.495 e. The summed E-state index contributed by atoms with van der Waals surface area (Å²) in [6.07, 6.45) is 1.33. The van der Waals surface area contributed by atoms with Crippen LogP contribution < -0.4 is 24.8 Å². The molecule has 8 nitrogen and oxygen atoms in total. The molecule has 0 spiro atoms. The number of benzene rings is 2. The monoisotopic (exact) mass is 364 g/mol. The third-order valence-corrected chi connectivity index (χ3v) is 3.90. The first kappa shape index (κ1) is 16.6. The number of hydrogen-bond acceptors (Lipinski definition) is 7. The van der Waals surface area contributed by atoms with Crippen molar-refractivity contribution < 1.29 is 19.0 Å². The molecule has 0 aliphatic carbocycles. The lowest BCUT2D eigenvalue weighted by molar-refractivity contribution is 0.102. The van der Waals surface area contributed by atoms with Gasteiger partial charge in [-0.15, -0.1) is 0 Å². The summed E-state index contributed by atoms with van der Waals surface area (Å²) in [4.78, 5) is 20.7. The quantitative estimate of drug-likeness (QED) is 0.718. The maximum Gasteiger partial charge on any atom is 0.274 e. The zero-order chi connectivity index (χ0) is 18.6. The molecule has 8 heteroatoms. The van der Waals surface area contributed by atoms with Crippen LogP contribution >= 0.6 is 0 Å². The molecule has 1 aromatic heterocycles. The number of para-hydroxylation sites is 2. The van der Waals surface area contributed by atoms with Crippen molar-refractivity contribution >= 4 is 23.1 Å². The normalized spacial score (nSPS) is 11.7. The van der Waals surface area contributed by atoms with Crippen molar-refractivity contribution in [1.82, 2.24) is 9.97 Å². The van der Waals surface area contributed by atoms with Crippen LogP contribution in [0.2, 0.25) is 0 Å². The molecular weight excluding hydrogens is 348 g/mol. The van der Waals surface area contributed by atoms with E-state index in [-0.39, 0.29) is 18.4 Å². The van der Waals surface area contributed by atoms with E-state index in [0.717, 1.165) is 5.69 Å². The Hall–Kier alpha value is -3.81. The Morgan fingerprint density at radius 1 is 1.07 bits per heavy atom. The van der Waals surface area contributed by atoms with Gasteiger partial charge >= 0.3 is 0 Å². The van der Waals surface area contributed by atoms with Crippen LogP contribution in [0.15, 0.2) is 54.9 Å². The van der Waals surface area contributed by atoms with Gasteiger partial charge in [0.25, 0.3) is 5.91 Å². The van der Waals surface area contributed by atoms with Crippen molar-refractivity contribution in [2.75, 3.05) is 24.5 Å². The molecule has 0 radical (unpaired) electrons. The number of aromatic nitrogens is 2. The molecule has 27 heavy (non-hydrogen) atoms. The second-order valence-electron chi connectivity index (χ2n) is 5.64. The molecule has 0 saturated heterocycles. The van der Waals surface area contributed by atoms with Gasteiger partial charge in [0, 0.05) is 17.8 Å². The predicted molar refractivity (Wildman–Crippen MR) is 98.8 cm³/mol. The Labute approximate surface area is 155 Å². The Bertz CT molecular complexity index is 993. The van der Waals surface area contributed by atoms with Gasteiger partial charge in [-0.1, -0.05) is 12.1 Å². The molecule has 2 heterocycles. The number of amides is 1. The lowest BCUT2D eigenvalue weighted by Gasteiger charge is -2.11. The van der Waals surface area contributed by atoms with Gasteiger partial charge in [0.2, 0.25) is 6.79 Å². The molecule has 0 saturated carbocycles. The van der Waals surface area contributed by atoms with E-state index >= 15 is 0 Å². The summed E-state index contributed by atoms with van der Waals surface area (Å²) in [5.74, 6) is 2.03. The molecule has 0 fully saturated rings. The maximum atomic E-state index is 12.5. The summed E-state index contributed by atoms with van der Waals surface area (Å²) in [5, 5.41) is 5.91. The van der Waals surface area contributed by atoms with Gasteiger partial charge in [-0.2, -0.15) is 0 Å². The molecule has 136 valence electrons. The number of anilines is 3. The summed E-state index contributed by atoms with van der Waals surface area (Å²) in [6.45, 7) is 0.177. The van der Waals surface area contributed by atoms with Crippen LogP contribution in [-0.4, -0.2) is 29.8 Å². The van der Waals surface area contributed by atoms with Crippen LogP contribution in [0.5, 0.6) is 17.2 Å².